The molecule has 3 nitrogen and oxygen atoms in total. The minimum atomic E-state index is 0.257. The monoisotopic (exact) mass is 359 g/mol. The van der Waals surface area contributed by atoms with Gasteiger partial charge in [0.2, 0.25) is 0 Å². The highest BCUT2D eigenvalue weighted by molar-refractivity contribution is 14.1. The third kappa shape index (κ3) is 4.76. The van der Waals surface area contributed by atoms with Crippen LogP contribution in [0.3, 0.4) is 0 Å². The summed E-state index contributed by atoms with van der Waals surface area (Å²) in [5.41, 5.74) is 1.47. The van der Waals surface area contributed by atoms with Crippen LogP contribution in [0.15, 0.2) is 29.1 Å². The maximum absolute atomic E-state index is 10.8. The molecular formula is C14H18INO2. The highest BCUT2D eigenvalue weighted by Crippen LogP contribution is 2.24. The molecule has 1 N–H and O–H groups in total. The molecule has 0 amide bonds. The number of nitroso groups, excluding NO2 is 1. The second-order valence-electron chi connectivity index (χ2n) is 4.54. The summed E-state index contributed by atoms with van der Waals surface area (Å²) in [6.07, 6.45) is 4.71. The summed E-state index contributed by atoms with van der Waals surface area (Å²) in [6.45, 7) is 4.26. The van der Waals surface area contributed by atoms with Crippen molar-refractivity contribution >= 4 is 28.7 Å². The minimum Gasteiger partial charge on any atom is -0.507 e. The number of phenolic OH excluding ortho intramolecular Hbond substituents is 1. The van der Waals surface area contributed by atoms with Crippen molar-refractivity contribution in [2.24, 2.45) is 11.1 Å². The van der Waals surface area contributed by atoms with Crippen molar-refractivity contribution in [2.75, 3.05) is 0 Å². The Balaban J connectivity index is 2.83. The van der Waals surface area contributed by atoms with Crippen LogP contribution in [0, 0.1) is 14.4 Å². The fourth-order valence-electron chi connectivity index (χ4n) is 1.88. The van der Waals surface area contributed by atoms with Gasteiger partial charge in [-0.1, -0.05) is 32.8 Å². The fourth-order valence-corrected chi connectivity index (χ4v) is 2.42. The number of benzene rings is 1. The first-order valence-electron chi connectivity index (χ1n) is 6.09. The molecule has 0 aromatic heterocycles. The highest BCUT2D eigenvalue weighted by Gasteiger charge is 2.06. The molecule has 0 aliphatic carbocycles. The molecule has 1 unspecified atom stereocenters. The largest absolute Gasteiger partial charge is 0.507 e. The second kappa shape index (κ2) is 7.51. The third-order valence-electron chi connectivity index (χ3n) is 2.76. The number of phenols is 1. The first-order valence-corrected chi connectivity index (χ1v) is 7.17. The van der Waals surface area contributed by atoms with Crippen LogP contribution in [0.2, 0.25) is 0 Å². The molecule has 4 heteroatoms. The predicted octanol–water partition coefficient (Wildman–Crippen LogP) is 4.93. The van der Waals surface area contributed by atoms with E-state index in [4.69, 9.17) is 0 Å². The lowest BCUT2D eigenvalue weighted by atomic mass is 9.99. The number of halogens is 1. The number of hydrogen-bond donors (Lipinski definition) is 1. The molecule has 0 saturated carbocycles. The van der Waals surface area contributed by atoms with E-state index in [1.165, 1.54) is 0 Å². The van der Waals surface area contributed by atoms with Gasteiger partial charge in [0.25, 0.3) is 0 Å². The molecule has 0 saturated heterocycles. The highest BCUT2D eigenvalue weighted by atomic mass is 127. The Hall–Kier alpha value is -0.910. The zero-order valence-electron chi connectivity index (χ0n) is 10.7. The molecule has 0 aliphatic rings. The SMILES string of the molecule is CCCC(C)C/C(=C\c1ccc(O)c(I)c1)N=O. The topological polar surface area (TPSA) is 49.7 Å². The average Bonchev–Trinajstić information content (AvgIpc) is 2.33. The summed E-state index contributed by atoms with van der Waals surface area (Å²) in [4.78, 5) is 10.8. The standard InChI is InChI=1S/C14H18INO2/c1-3-4-10(2)7-12(16-18)8-11-5-6-14(17)13(15)9-11/h5-6,8-10,17H,3-4,7H2,1-2H3/b12-8+. The Bertz CT molecular complexity index is 443. The van der Waals surface area contributed by atoms with Crippen molar-refractivity contribution in [2.45, 2.75) is 33.1 Å². The van der Waals surface area contributed by atoms with Gasteiger partial charge >= 0.3 is 0 Å². The van der Waals surface area contributed by atoms with Gasteiger partial charge in [-0.2, -0.15) is 0 Å². The first-order chi connectivity index (χ1) is 8.56. The van der Waals surface area contributed by atoms with Crippen LogP contribution in [0.1, 0.15) is 38.7 Å². The van der Waals surface area contributed by atoms with E-state index in [-0.39, 0.29) is 5.75 Å². The van der Waals surface area contributed by atoms with Crippen LogP contribution in [0.25, 0.3) is 6.08 Å². The van der Waals surface area contributed by atoms with Gasteiger partial charge in [0.1, 0.15) is 5.75 Å². The molecular weight excluding hydrogens is 341 g/mol. The lowest BCUT2D eigenvalue weighted by Gasteiger charge is -2.08. The van der Waals surface area contributed by atoms with Crippen molar-refractivity contribution in [3.05, 3.63) is 37.9 Å². The van der Waals surface area contributed by atoms with Crippen LogP contribution < -0.4 is 0 Å². The molecule has 0 heterocycles. The smallest absolute Gasteiger partial charge is 0.128 e. The molecule has 0 bridgehead atoms. The summed E-state index contributed by atoms with van der Waals surface area (Å²) < 4.78 is 0.771. The van der Waals surface area contributed by atoms with Crippen molar-refractivity contribution in [1.29, 1.82) is 0 Å². The number of rotatable bonds is 6. The van der Waals surface area contributed by atoms with Crippen molar-refractivity contribution < 1.29 is 5.11 Å². The molecule has 18 heavy (non-hydrogen) atoms. The molecule has 1 aromatic rings. The summed E-state index contributed by atoms with van der Waals surface area (Å²) in [6, 6.07) is 5.25. The van der Waals surface area contributed by atoms with E-state index in [2.05, 4.69) is 41.6 Å². The Morgan fingerprint density at radius 3 is 2.83 bits per heavy atom. The van der Waals surface area contributed by atoms with Gasteiger partial charge < -0.3 is 5.11 Å². The number of aromatic hydroxyl groups is 1. The zero-order valence-corrected chi connectivity index (χ0v) is 12.8. The minimum absolute atomic E-state index is 0.257. The molecule has 0 fully saturated rings. The van der Waals surface area contributed by atoms with E-state index in [1.807, 2.05) is 6.07 Å². The van der Waals surface area contributed by atoms with E-state index in [0.717, 1.165) is 22.0 Å². The van der Waals surface area contributed by atoms with Crippen molar-refractivity contribution in [1.82, 2.24) is 0 Å². The van der Waals surface area contributed by atoms with Crippen LogP contribution in [-0.4, -0.2) is 5.11 Å². The molecule has 0 spiro atoms. The maximum atomic E-state index is 10.8. The van der Waals surface area contributed by atoms with Crippen LogP contribution in [-0.2, 0) is 0 Å². The van der Waals surface area contributed by atoms with Crippen LogP contribution in [0.5, 0.6) is 5.75 Å². The normalized spacial score (nSPS) is 13.4. The molecule has 98 valence electrons. The van der Waals surface area contributed by atoms with Crippen LogP contribution in [0.4, 0.5) is 0 Å². The van der Waals surface area contributed by atoms with Gasteiger partial charge in [-0.25, -0.2) is 0 Å². The van der Waals surface area contributed by atoms with Gasteiger partial charge in [-0.05, 0) is 63.9 Å². The fraction of sp³-hybridized carbons (Fsp3) is 0.429. The summed E-state index contributed by atoms with van der Waals surface area (Å²) in [5.74, 6) is 0.725. The Labute approximate surface area is 121 Å². The first kappa shape index (κ1) is 15.1. The molecule has 1 aromatic carbocycles. The quantitative estimate of drug-likeness (QED) is 0.578. The van der Waals surface area contributed by atoms with Crippen molar-refractivity contribution in [3.8, 4) is 5.75 Å². The van der Waals surface area contributed by atoms with E-state index in [9.17, 15) is 10.0 Å². The molecule has 0 radical (unpaired) electrons. The van der Waals surface area contributed by atoms with Gasteiger partial charge in [0.05, 0.1) is 9.27 Å². The Kier molecular flexibility index (Phi) is 6.32. The van der Waals surface area contributed by atoms with Gasteiger partial charge in [0.15, 0.2) is 0 Å². The zero-order chi connectivity index (χ0) is 13.5. The van der Waals surface area contributed by atoms with Crippen molar-refractivity contribution in [3.63, 3.8) is 0 Å². The van der Waals surface area contributed by atoms with Crippen LogP contribution >= 0.6 is 22.6 Å². The number of hydrogen-bond acceptors (Lipinski definition) is 3. The number of nitrogens with zero attached hydrogens (tertiary/aromatic N) is 1. The molecule has 1 rings (SSSR count). The Morgan fingerprint density at radius 2 is 2.28 bits per heavy atom. The van der Waals surface area contributed by atoms with E-state index < -0.39 is 0 Å². The number of allylic oxidation sites excluding steroid dienone is 1. The third-order valence-corrected chi connectivity index (χ3v) is 3.63. The van der Waals surface area contributed by atoms with Gasteiger partial charge in [-0.3, -0.25) is 0 Å². The second-order valence-corrected chi connectivity index (χ2v) is 5.70. The van der Waals surface area contributed by atoms with Gasteiger partial charge in [-0.15, -0.1) is 4.91 Å². The van der Waals surface area contributed by atoms with E-state index in [1.54, 1.807) is 18.2 Å². The molecule has 0 aliphatic heterocycles. The lowest BCUT2D eigenvalue weighted by molar-refractivity contribution is 0.471. The average molecular weight is 359 g/mol. The maximum Gasteiger partial charge on any atom is 0.128 e. The lowest BCUT2D eigenvalue weighted by Crippen LogP contribution is -1.95. The van der Waals surface area contributed by atoms with E-state index >= 15 is 0 Å². The summed E-state index contributed by atoms with van der Waals surface area (Å²) in [5, 5.41) is 12.5. The predicted molar refractivity (Wildman–Crippen MR) is 83.3 cm³/mol. The summed E-state index contributed by atoms with van der Waals surface area (Å²) in [7, 11) is 0. The van der Waals surface area contributed by atoms with Gasteiger partial charge in [0, 0.05) is 0 Å². The molecule has 1 atom stereocenters. The summed E-state index contributed by atoms with van der Waals surface area (Å²) >= 11 is 2.06. The van der Waals surface area contributed by atoms with E-state index in [0.29, 0.717) is 18.0 Å². The Morgan fingerprint density at radius 1 is 1.56 bits per heavy atom.